The van der Waals surface area contributed by atoms with E-state index in [4.69, 9.17) is 15.9 Å². The number of ether oxygens (including phenoxy) is 1. The molecular formula is C9H11N3O3S. The normalized spacial score (nSPS) is 9.75. The zero-order valence-electron chi connectivity index (χ0n) is 8.38. The molecule has 1 aromatic carbocycles. The first kappa shape index (κ1) is 12.3. The smallest absolute Gasteiger partial charge is 0.273 e. The van der Waals surface area contributed by atoms with Crippen LogP contribution >= 0.6 is 11.8 Å². The zero-order valence-corrected chi connectivity index (χ0v) is 9.20. The minimum Gasteiger partial charge on any atom is -0.492 e. The lowest BCUT2D eigenvalue weighted by Gasteiger charge is -2.04. The number of nitro benzene ring substituents is 1. The van der Waals surface area contributed by atoms with Gasteiger partial charge in [-0.3, -0.25) is 15.5 Å². The van der Waals surface area contributed by atoms with Crippen molar-refractivity contribution in [2.75, 3.05) is 12.4 Å². The molecule has 0 bridgehead atoms. The lowest BCUT2D eigenvalue weighted by Crippen LogP contribution is -2.08. The SMILES string of the molecule is N=C(N)SCCOc1cccc([N+](=O)[O-])c1. The third kappa shape index (κ3) is 4.18. The lowest BCUT2D eigenvalue weighted by atomic mass is 10.3. The van der Waals surface area contributed by atoms with E-state index in [1.165, 1.54) is 12.1 Å². The molecule has 6 nitrogen and oxygen atoms in total. The molecule has 0 fully saturated rings. The van der Waals surface area contributed by atoms with Gasteiger partial charge in [-0.15, -0.1) is 0 Å². The standard InChI is InChI=1S/C9H11N3O3S/c10-9(11)16-5-4-15-8-3-1-2-7(6-8)12(13)14/h1-3,6H,4-5H2,(H3,10,11). The van der Waals surface area contributed by atoms with Crippen LogP contribution in [0.2, 0.25) is 0 Å². The molecule has 0 aliphatic rings. The van der Waals surface area contributed by atoms with Gasteiger partial charge in [0.2, 0.25) is 0 Å². The highest BCUT2D eigenvalue weighted by Crippen LogP contribution is 2.19. The third-order valence-corrected chi connectivity index (χ3v) is 2.32. The minimum absolute atomic E-state index is 0.00304. The number of amidine groups is 1. The van der Waals surface area contributed by atoms with E-state index in [9.17, 15) is 10.1 Å². The van der Waals surface area contributed by atoms with Crippen LogP contribution in [0.1, 0.15) is 0 Å². The summed E-state index contributed by atoms with van der Waals surface area (Å²) < 4.78 is 5.27. The van der Waals surface area contributed by atoms with Gasteiger partial charge in [-0.1, -0.05) is 17.8 Å². The first-order valence-electron chi connectivity index (χ1n) is 4.43. The average molecular weight is 241 g/mol. The van der Waals surface area contributed by atoms with E-state index < -0.39 is 4.92 Å². The number of nitrogens with two attached hydrogens (primary N) is 1. The Kier molecular flexibility index (Phi) is 4.59. The monoisotopic (exact) mass is 241 g/mol. The van der Waals surface area contributed by atoms with Gasteiger partial charge in [0.25, 0.3) is 5.69 Å². The Bertz CT molecular complexity index is 397. The van der Waals surface area contributed by atoms with Crippen LogP contribution in [0.5, 0.6) is 5.75 Å². The topological polar surface area (TPSA) is 102 Å². The fraction of sp³-hybridized carbons (Fsp3) is 0.222. The molecule has 0 aromatic heterocycles. The van der Waals surface area contributed by atoms with Crippen LogP contribution in [0.15, 0.2) is 24.3 Å². The van der Waals surface area contributed by atoms with Crippen molar-refractivity contribution in [2.45, 2.75) is 0 Å². The quantitative estimate of drug-likeness (QED) is 0.268. The van der Waals surface area contributed by atoms with Gasteiger partial charge in [-0.25, -0.2) is 0 Å². The maximum Gasteiger partial charge on any atom is 0.273 e. The molecule has 1 aromatic rings. The van der Waals surface area contributed by atoms with E-state index in [-0.39, 0.29) is 10.9 Å². The summed E-state index contributed by atoms with van der Waals surface area (Å²) in [5.74, 6) is 0.983. The van der Waals surface area contributed by atoms with E-state index in [0.717, 1.165) is 11.8 Å². The predicted octanol–water partition coefficient (Wildman–Crippen LogP) is 1.60. The number of nitrogens with zero attached hydrogens (tertiary/aromatic N) is 1. The second kappa shape index (κ2) is 5.96. The molecule has 16 heavy (non-hydrogen) atoms. The van der Waals surface area contributed by atoms with Crippen LogP contribution in [0.25, 0.3) is 0 Å². The van der Waals surface area contributed by atoms with Crippen molar-refractivity contribution in [3.05, 3.63) is 34.4 Å². The fourth-order valence-corrected chi connectivity index (χ4v) is 1.38. The zero-order chi connectivity index (χ0) is 12.0. The molecule has 0 atom stereocenters. The Balaban J connectivity index is 2.45. The molecule has 0 unspecified atom stereocenters. The number of rotatable bonds is 5. The molecule has 1 rings (SSSR count). The van der Waals surface area contributed by atoms with Crippen molar-refractivity contribution in [3.63, 3.8) is 0 Å². The highest BCUT2D eigenvalue weighted by molar-refractivity contribution is 8.13. The van der Waals surface area contributed by atoms with Gasteiger partial charge < -0.3 is 10.5 Å². The van der Waals surface area contributed by atoms with Crippen molar-refractivity contribution in [3.8, 4) is 5.75 Å². The molecular weight excluding hydrogens is 230 g/mol. The van der Waals surface area contributed by atoms with Crippen LogP contribution in [0.3, 0.4) is 0 Å². The number of nitrogens with one attached hydrogen (secondary N) is 1. The van der Waals surface area contributed by atoms with Crippen LogP contribution < -0.4 is 10.5 Å². The fourth-order valence-electron chi connectivity index (χ4n) is 0.998. The Hall–Kier alpha value is -1.76. The molecule has 0 heterocycles. The van der Waals surface area contributed by atoms with Crippen molar-refractivity contribution < 1.29 is 9.66 Å². The largest absolute Gasteiger partial charge is 0.492 e. The molecule has 0 saturated heterocycles. The summed E-state index contributed by atoms with van der Waals surface area (Å²) in [4.78, 5) is 10.00. The maximum absolute atomic E-state index is 10.5. The molecule has 0 radical (unpaired) electrons. The van der Waals surface area contributed by atoms with Crippen LogP contribution in [-0.2, 0) is 0 Å². The van der Waals surface area contributed by atoms with Gasteiger partial charge >= 0.3 is 0 Å². The predicted molar refractivity (Wildman–Crippen MR) is 63.0 cm³/mol. The molecule has 86 valence electrons. The van der Waals surface area contributed by atoms with Crippen LogP contribution in [0, 0.1) is 15.5 Å². The van der Waals surface area contributed by atoms with Gasteiger partial charge in [0.05, 0.1) is 17.6 Å². The van der Waals surface area contributed by atoms with E-state index in [1.807, 2.05) is 0 Å². The average Bonchev–Trinajstić information content (AvgIpc) is 2.24. The summed E-state index contributed by atoms with van der Waals surface area (Å²) in [7, 11) is 0. The molecule has 3 N–H and O–H groups in total. The number of hydrogen-bond acceptors (Lipinski definition) is 5. The van der Waals surface area contributed by atoms with Crippen molar-refractivity contribution in [1.29, 1.82) is 5.41 Å². The van der Waals surface area contributed by atoms with Gasteiger partial charge in [0.15, 0.2) is 5.17 Å². The summed E-state index contributed by atoms with van der Waals surface area (Å²) in [6, 6.07) is 5.96. The van der Waals surface area contributed by atoms with Gasteiger partial charge in [0.1, 0.15) is 5.75 Å². The lowest BCUT2D eigenvalue weighted by molar-refractivity contribution is -0.384. The van der Waals surface area contributed by atoms with Crippen molar-refractivity contribution >= 4 is 22.6 Å². The van der Waals surface area contributed by atoms with Crippen molar-refractivity contribution in [1.82, 2.24) is 0 Å². The highest BCUT2D eigenvalue weighted by Gasteiger charge is 2.05. The molecule has 0 aliphatic carbocycles. The van der Waals surface area contributed by atoms with E-state index >= 15 is 0 Å². The number of thioether (sulfide) groups is 1. The number of benzene rings is 1. The maximum atomic E-state index is 10.5. The first-order valence-corrected chi connectivity index (χ1v) is 5.42. The number of non-ortho nitro benzene ring substituents is 1. The van der Waals surface area contributed by atoms with Gasteiger partial charge in [-0.05, 0) is 6.07 Å². The summed E-state index contributed by atoms with van der Waals surface area (Å²) in [5.41, 5.74) is 5.13. The van der Waals surface area contributed by atoms with E-state index in [1.54, 1.807) is 12.1 Å². The molecule has 0 aliphatic heterocycles. The van der Waals surface area contributed by atoms with Crippen LogP contribution in [-0.4, -0.2) is 22.5 Å². The Morgan fingerprint density at radius 2 is 2.38 bits per heavy atom. The Morgan fingerprint density at radius 3 is 3.00 bits per heavy atom. The Labute approximate surface area is 96.4 Å². The Morgan fingerprint density at radius 1 is 1.62 bits per heavy atom. The molecule has 0 amide bonds. The first-order chi connectivity index (χ1) is 7.59. The molecule has 0 spiro atoms. The summed E-state index contributed by atoms with van der Waals surface area (Å²) in [5, 5.41) is 17.5. The molecule has 0 saturated carbocycles. The summed E-state index contributed by atoms with van der Waals surface area (Å²) in [6.45, 7) is 0.353. The van der Waals surface area contributed by atoms with Crippen LogP contribution in [0.4, 0.5) is 5.69 Å². The second-order valence-corrected chi connectivity index (χ2v) is 3.95. The van der Waals surface area contributed by atoms with Gasteiger partial charge in [0, 0.05) is 11.8 Å². The number of hydrogen-bond donors (Lipinski definition) is 2. The highest BCUT2D eigenvalue weighted by atomic mass is 32.2. The minimum atomic E-state index is -0.475. The summed E-state index contributed by atoms with van der Waals surface area (Å²) >= 11 is 1.16. The van der Waals surface area contributed by atoms with Crippen molar-refractivity contribution in [2.24, 2.45) is 5.73 Å². The number of nitro groups is 1. The third-order valence-electron chi connectivity index (χ3n) is 1.64. The van der Waals surface area contributed by atoms with E-state index in [2.05, 4.69) is 0 Å². The molecule has 7 heteroatoms. The summed E-state index contributed by atoms with van der Waals surface area (Å²) in [6.07, 6.45) is 0. The second-order valence-electron chi connectivity index (χ2n) is 2.82. The van der Waals surface area contributed by atoms with Gasteiger partial charge in [-0.2, -0.15) is 0 Å². The van der Waals surface area contributed by atoms with E-state index in [0.29, 0.717) is 18.1 Å².